The molecule has 0 aliphatic carbocycles. The number of aromatic nitrogens is 1. The lowest BCUT2D eigenvalue weighted by Crippen LogP contribution is -2.14. The number of nitrogens with zero attached hydrogens (tertiary/aromatic N) is 1. The van der Waals surface area contributed by atoms with Crippen molar-refractivity contribution in [2.45, 2.75) is 34.3 Å². The molecule has 1 amide bonds. The molecule has 5 heteroatoms. The summed E-state index contributed by atoms with van der Waals surface area (Å²) in [6.45, 7) is 7.98. The summed E-state index contributed by atoms with van der Waals surface area (Å²) >= 11 is 0. The summed E-state index contributed by atoms with van der Waals surface area (Å²) in [6.07, 6.45) is 0. The van der Waals surface area contributed by atoms with Crippen LogP contribution in [0.25, 0.3) is 0 Å². The van der Waals surface area contributed by atoms with Crippen molar-refractivity contribution in [1.29, 1.82) is 0 Å². The van der Waals surface area contributed by atoms with Crippen LogP contribution < -0.4 is 10.1 Å². The van der Waals surface area contributed by atoms with E-state index in [0.717, 1.165) is 33.8 Å². The SMILES string of the molecule is Cc1ccc(C)c(NC(=O)c2ccccc2OCc2c(C)noc2C)c1. The van der Waals surface area contributed by atoms with Crippen LogP contribution in [0.3, 0.4) is 0 Å². The summed E-state index contributed by atoms with van der Waals surface area (Å²) in [7, 11) is 0. The molecule has 0 bridgehead atoms. The Morgan fingerprint density at radius 2 is 1.88 bits per heavy atom. The van der Waals surface area contributed by atoms with Gasteiger partial charge in [0.15, 0.2) is 0 Å². The molecule has 1 N–H and O–H groups in total. The number of para-hydroxylation sites is 1. The molecule has 0 fully saturated rings. The van der Waals surface area contributed by atoms with Crippen molar-refractivity contribution in [3.05, 3.63) is 76.2 Å². The van der Waals surface area contributed by atoms with Gasteiger partial charge in [-0.1, -0.05) is 29.4 Å². The average molecular weight is 350 g/mol. The molecule has 0 unspecified atom stereocenters. The molecule has 1 aromatic heterocycles. The molecular weight excluding hydrogens is 328 g/mol. The van der Waals surface area contributed by atoms with Crippen molar-refractivity contribution >= 4 is 11.6 Å². The molecule has 3 aromatic rings. The fourth-order valence-electron chi connectivity index (χ4n) is 2.70. The van der Waals surface area contributed by atoms with Crippen LogP contribution in [0.1, 0.15) is 38.5 Å². The first-order valence-corrected chi connectivity index (χ1v) is 8.48. The van der Waals surface area contributed by atoms with Crippen LogP contribution >= 0.6 is 0 Å². The first kappa shape index (κ1) is 17.7. The third-order valence-electron chi connectivity index (χ3n) is 4.33. The monoisotopic (exact) mass is 350 g/mol. The van der Waals surface area contributed by atoms with Gasteiger partial charge in [-0.15, -0.1) is 0 Å². The Hall–Kier alpha value is -3.08. The minimum absolute atomic E-state index is 0.201. The Labute approximate surface area is 153 Å². The first-order valence-electron chi connectivity index (χ1n) is 8.48. The zero-order chi connectivity index (χ0) is 18.7. The molecule has 5 nitrogen and oxygen atoms in total. The molecule has 1 heterocycles. The fraction of sp³-hybridized carbons (Fsp3) is 0.238. The number of hydrogen-bond acceptors (Lipinski definition) is 4. The average Bonchev–Trinajstić information content (AvgIpc) is 2.94. The van der Waals surface area contributed by atoms with Gasteiger partial charge in [-0.05, 0) is 57.0 Å². The number of nitrogens with one attached hydrogen (secondary N) is 1. The van der Waals surface area contributed by atoms with E-state index in [1.54, 1.807) is 12.1 Å². The fourth-order valence-corrected chi connectivity index (χ4v) is 2.70. The van der Waals surface area contributed by atoms with Crippen molar-refractivity contribution in [2.75, 3.05) is 5.32 Å². The smallest absolute Gasteiger partial charge is 0.259 e. The number of carbonyl (C=O) groups excluding carboxylic acids is 1. The predicted molar refractivity (Wildman–Crippen MR) is 101 cm³/mol. The van der Waals surface area contributed by atoms with E-state index in [0.29, 0.717) is 17.9 Å². The Morgan fingerprint density at radius 1 is 1.12 bits per heavy atom. The summed E-state index contributed by atoms with van der Waals surface area (Å²) < 4.78 is 11.1. The number of amides is 1. The lowest BCUT2D eigenvalue weighted by molar-refractivity contribution is 0.102. The van der Waals surface area contributed by atoms with Gasteiger partial charge in [0.05, 0.1) is 16.8 Å². The first-order chi connectivity index (χ1) is 12.5. The van der Waals surface area contributed by atoms with Gasteiger partial charge in [-0.25, -0.2) is 0 Å². The van der Waals surface area contributed by atoms with E-state index in [9.17, 15) is 4.79 Å². The second-order valence-electron chi connectivity index (χ2n) is 6.36. The van der Waals surface area contributed by atoms with Crippen LogP contribution in [0, 0.1) is 27.7 Å². The van der Waals surface area contributed by atoms with E-state index >= 15 is 0 Å². The number of hydrogen-bond donors (Lipinski definition) is 1. The standard InChI is InChI=1S/C21H22N2O3/c1-13-9-10-14(2)19(11-13)22-21(24)17-7-5-6-8-20(17)25-12-18-15(3)23-26-16(18)4/h5-11H,12H2,1-4H3,(H,22,24). The number of benzene rings is 2. The largest absolute Gasteiger partial charge is 0.488 e. The summed E-state index contributed by atoms with van der Waals surface area (Å²) in [6, 6.07) is 13.2. The number of aryl methyl sites for hydroxylation is 4. The number of rotatable bonds is 5. The summed E-state index contributed by atoms with van der Waals surface area (Å²) in [5.41, 5.74) is 5.08. The molecule has 3 rings (SSSR count). The lowest BCUT2D eigenvalue weighted by Gasteiger charge is -2.13. The van der Waals surface area contributed by atoms with Crippen molar-refractivity contribution in [2.24, 2.45) is 0 Å². The van der Waals surface area contributed by atoms with E-state index in [2.05, 4.69) is 10.5 Å². The highest BCUT2D eigenvalue weighted by Gasteiger charge is 2.15. The van der Waals surface area contributed by atoms with E-state index < -0.39 is 0 Å². The van der Waals surface area contributed by atoms with Crippen LogP contribution in [-0.4, -0.2) is 11.1 Å². The van der Waals surface area contributed by atoms with Gasteiger partial charge >= 0.3 is 0 Å². The molecule has 2 aromatic carbocycles. The zero-order valence-corrected chi connectivity index (χ0v) is 15.4. The van der Waals surface area contributed by atoms with E-state index in [1.807, 2.05) is 58.0 Å². The van der Waals surface area contributed by atoms with Crippen molar-refractivity contribution in [1.82, 2.24) is 5.16 Å². The van der Waals surface area contributed by atoms with E-state index in [4.69, 9.17) is 9.26 Å². The molecule has 0 aliphatic rings. The minimum Gasteiger partial charge on any atom is -0.488 e. The predicted octanol–water partition coefficient (Wildman–Crippen LogP) is 4.74. The quantitative estimate of drug-likeness (QED) is 0.722. The van der Waals surface area contributed by atoms with Crippen molar-refractivity contribution < 1.29 is 14.1 Å². The molecule has 0 saturated heterocycles. The number of anilines is 1. The second-order valence-corrected chi connectivity index (χ2v) is 6.36. The Balaban J connectivity index is 1.80. The molecular formula is C21H22N2O3. The normalized spacial score (nSPS) is 10.6. The maximum atomic E-state index is 12.8. The maximum absolute atomic E-state index is 12.8. The zero-order valence-electron chi connectivity index (χ0n) is 15.4. The molecule has 0 aliphatic heterocycles. The van der Waals surface area contributed by atoms with E-state index in [-0.39, 0.29) is 5.91 Å². The highest BCUT2D eigenvalue weighted by Crippen LogP contribution is 2.24. The van der Waals surface area contributed by atoms with E-state index in [1.165, 1.54) is 0 Å². The molecule has 0 spiro atoms. The van der Waals surface area contributed by atoms with Gasteiger partial charge in [0.2, 0.25) is 0 Å². The summed E-state index contributed by atoms with van der Waals surface area (Å²) in [4.78, 5) is 12.8. The van der Waals surface area contributed by atoms with Gasteiger partial charge in [-0.2, -0.15) is 0 Å². The molecule has 134 valence electrons. The van der Waals surface area contributed by atoms with Gasteiger partial charge in [-0.3, -0.25) is 4.79 Å². The highest BCUT2D eigenvalue weighted by molar-refractivity contribution is 6.06. The third-order valence-corrected chi connectivity index (χ3v) is 4.33. The third kappa shape index (κ3) is 3.77. The molecule has 0 radical (unpaired) electrons. The maximum Gasteiger partial charge on any atom is 0.259 e. The van der Waals surface area contributed by atoms with Crippen LogP contribution in [0.4, 0.5) is 5.69 Å². The van der Waals surface area contributed by atoms with Crippen LogP contribution in [0.2, 0.25) is 0 Å². The Kier molecular flexibility index (Phi) is 5.07. The van der Waals surface area contributed by atoms with Crippen molar-refractivity contribution in [3.8, 4) is 5.75 Å². The minimum atomic E-state index is -0.201. The Bertz CT molecular complexity index is 925. The highest BCUT2D eigenvalue weighted by atomic mass is 16.5. The van der Waals surface area contributed by atoms with Gasteiger partial charge in [0.25, 0.3) is 5.91 Å². The topological polar surface area (TPSA) is 64.4 Å². The summed E-state index contributed by atoms with van der Waals surface area (Å²) in [5.74, 6) is 1.04. The number of carbonyl (C=O) groups is 1. The van der Waals surface area contributed by atoms with Crippen LogP contribution in [0.15, 0.2) is 47.0 Å². The second kappa shape index (κ2) is 7.44. The summed E-state index contributed by atoms with van der Waals surface area (Å²) in [5, 5.41) is 6.90. The van der Waals surface area contributed by atoms with Gasteiger partial charge in [0.1, 0.15) is 18.1 Å². The van der Waals surface area contributed by atoms with Crippen LogP contribution in [-0.2, 0) is 6.61 Å². The molecule has 0 saturated carbocycles. The lowest BCUT2D eigenvalue weighted by atomic mass is 10.1. The van der Waals surface area contributed by atoms with Crippen molar-refractivity contribution in [3.63, 3.8) is 0 Å². The molecule has 0 atom stereocenters. The number of ether oxygens (including phenoxy) is 1. The van der Waals surface area contributed by atoms with Gasteiger partial charge in [0, 0.05) is 5.69 Å². The molecule has 26 heavy (non-hydrogen) atoms. The van der Waals surface area contributed by atoms with Gasteiger partial charge < -0.3 is 14.6 Å². The Morgan fingerprint density at radius 3 is 2.62 bits per heavy atom. The van der Waals surface area contributed by atoms with Crippen LogP contribution in [0.5, 0.6) is 5.75 Å².